The molecule has 7 heteroatoms. The molecule has 0 fully saturated rings. The minimum absolute atomic E-state index is 0.0811. The molecule has 0 aliphatic rings. The molecule has 1 N–H and O–H groups in total. The number of halogens is 1. The molecule has 0 aromatic heterocycles. The maximum Gasteiger partial charge on any atom is 0.407 e. The first-order chi connectivity index (χ1) is 13.7. The van der Waals surface area contributed by atoms with Gasteiger partial charge in [-0.05, 0) is 98.5 Å². The van der Waals surface area contributed by atoms with Crippen LogP contribution in [0.2, 0.25) is 0 Å². The first kappa shape index (κ1) is 25.0. The van der Waals surface area contributed by atoms with Crippen LogP contribution in [-0.4, -0.2) is 38.2 Å². The topological polar surface area (TPSA) is 73.9 Å². The highest BCUT2D eigenvalue weighted by atomic mass is 127. The molecule has 1 aromatic carbocycles. The molecule has 1 rings (SSSR count). The Balaban J connectivity index is 2.38. The summed E-state index contributed by atoms with van der Waals surface area (Å²) in [6, 6.07) is 3.70. The van der Waals surface area contributed by atoms with E-state index in [2.05, 4.69) is 27.9 Å². The number of nitrogens with one attached hydrogen (secondary N) is 1. The van der Waals surface area contributed by atoms with Crippen LogP contribution in [0.4, 0.5) is 4.79 Å². The third kappa shape index (κ3) is 10.3. The van der Waals surface area contributed by atoms with Gasteiger partial charge in [0.05, 0.1) is 14.2 Å². The van der Waals surface area contributed by atoms with Gasteiger partial charge in [0.2, 0.25) is 0 Å². The number of allylic oxidation sites excluding steroid dienone is 3. The van der Waals surface area contributed by atoms with Crippen LogP contribution >= 0.6 is 22.6 Å². The maximum absolute atomic E-state index is 12.0. The number of methoxy groups -OCH3 is 2. The van der Waals surface area contributed by atoms with E-state index >= 15 is 0 Å². The van der Waals surface area contributed by atoms with Crippen LogP contribution in [0.3, 0.4) is 0 Å². The van der Waals surface area contributed by atoms with Crippen molar-refractivity contribution in [3.05, 3.63) is 39.5 Å². The quantitative estimate of drug-likeness (QED) is 0.265. The van der Waals surface area contributed by atoms with Gasteiger partial charge in [-0.1, -0.05) is 6.08 Å². The smallest absolute Gasteiger partial charge is 0.407 e. The summed E-state index contributed by atoms with van der Waals surface area (Å²) in [7, 11) is 3.17. The average molecular weight is 515 g/mol. The minimum atomic E-state index is -0.490. The SMILES string of the molecule is COc1cc(I)c(/C=C/C(=O)/C=C/CCCCNC(=O)OC(C)(C)C)cc1OC. The van der Waals surface area contributed by atoms with Gasteiger partial charge in [0, 0.05) is 10.1 Å². The summed E-state index contributed by atoms with van der Waals surface area (Å²) in [6.45, 7) is 6.03. The van der Waals surface area contributed by atoms with Crippen LogP contribution in [-0.2, 0) is 9.53 Å². The number of hydrogen-bond acceptors (Lipinski definition) is 5. The largest absolute Gasteiger partial charge is 0.493 e. The van der Waals surface area contributed by atoms with Crippen LogP contribution in [0, 0.1) is 3.57 Å². The van der Waals surface area contributed by atoms with E-state index in [0.717, 1.165) is 28.4 Å². The van der Waals surface area contributed by atoms with Crippen molar-refractivity contribution in [3.63, 3.8) is 0 Å². The Bertz CT molecular complexity index is 750. The maximum atomic E-state index is 12.0. The highest BCUT2D eigenvalue weighted by molar-refractivity contribution is 14.1. The van der Waals surface area contributed by atoms with E-state index < -0.39 is 11.7 Å². The molecule has 160 valence electrons. The Kier molecular flexibility index (Phi) is 10.8. The van der Waals surface area contributed by atoms with E-state index in [9.17, 15) is 9.59 Å². The molecule has 0 aliphatic carbocycles. The lowest BCUT2D eigenvalue weighted by molar-refractivity contribution is -0.110. The van der Waals surface area contributed by atoms with Gasteiger partial charge in [0.25, 0.3) is 0 Å². The molecule has 1 amide bonds. The number of alkyl carbamates (subject to hydrolysis) is 1. The number of carbonyl (C=O) groups is 2. The van der Waals surface area contributed by atoms with E-state index in [-0.39, 0.29) is 5.78 Å². The molecule has 0 spiro atoms. The molecule has 0 heterocycles. The second-order valence-electron chi connectivity index (χ2n) is 7.29. The molecule has 29 heavy (non-hydrogen) atoms. The molecule has 0 atom stereocenters. The molecule has 0 aliphatic heterocycles. The molecule has 1 aromatic rings. The molecule has 6 nitrogen and oxygen atoms in total. The van der Waals surface area contributed by atoms with E-state index in [1.54, 1.807) is 26.4 Å². The second kappa shape index (κ2) is 12.5. The van der Waals surface area contributed by atoms with Gasteiger partial charge in [-0.15, -0.1) is 0 Å². The van der Waals surface area contributed by atoms with Gasteiger partial charge in [0.1, 0.15) is 5.60 Å². The Labute approximate surface area is 186 Å². The van der Waals surface area contributed by atoms with E-state index in [1.807, 2.05) is 39.0 Å². The highest BCUT2D eigenvalue weighted by Gasteiger charge is 2.15. The van der Waals surface area contributed by atoms with E-state index in [0.29, 0.717) is 18.0 Å². The van der Waals surface area contributed by atoms with Crippen LogP contribution in [0.25, 0.3) is 6.08 Å². The third-order valence-corrected chi connectivity index (χ3v) is 4.61. The molecule has 0 saturated heterocycles. The number of ketones is 1. The van der Waals surface area contributed by atoms with Gasteiger partial charge in [-0.2, -0.15) is 0 Å². The average Bonchev–Trinajstić information content (AvgIpc) is 2.64. The summed E-state index contributed by atoms with van der Waals surface area (Å²) in [5, 5.41) is 2.72. The number of rotatable bonds is 10. The molecular weight excluding hydrogens is 485 g/mol. The monoisotopic (exact) mass is 515 g/mol. The second-order valence-corrected chi connectivity index (χ2v) is 8.45. The lowest BCUT2D eigenvalue weighted by atomic mass is 10.1. The summed E-state index contributed by atoms with van der Waals surface area (Å²) in [5.74, 6) is 1.19. The minimum Gasteiger partial charge on any atom is -0.493 e. The zero-order valence-electron chi connectivity index (χ0n) is 17.7. The first-order valence-corrected chi connectivity index (χ1v) is 10.5. The predicted octanol–water partition coefficient (Wildman–Crippen LogP) is 5.14. The van der Waals surface area contributed by atoms with Crippen molar-refractivity contribution in [2.45, 2.75) is 45.6 Å². The van der Waals surface area contributed by atoms with Crippen LogP contribution in [0.15, 0.2) is 30.4 Å². The molecule has 0 bridgehead atoms. The van der Waals surface area contributed by atoms with Crippen molar-refractivity contribution in [1.29, 1.82) is 0 Å². The van der Waals surface area contributed by atoms with Crippen LogP contribution in [0.5, 0.6) is 11.5 Å². The molecule has 0 saturated carbocycles. The normalized spacial score (nSPS) is 11.7. The first-order valence-electron chi connectivity index (χ1n) is 9.43. The fourth-order valence-corrected chi connectivity index (χ4v) is 2.93. The van der Waals surface area contributed by atoms with E-state index in [1.165, 1.54) is 6.08 Å². The van der Waals surface area contributed by atoms with E-state index in [4.69, 9.17) is 14.2 Å². The summed E-state index contributed by atoms with van der Waals surface area (Å²) in [5.41, 5.74) is 0.397. The number of amides is 1. The Morgan fingerprint density at radius 3 is 2.34 bits per heavy atom. The molecule has 0 radical (unpaired) electrons. The van der Waals surface area contributed by atoms with Gasteiger partial charge in [0.15, 0.2) is 17.3 Å². The number of ether oxygens (including phenoxy) is 3. The number of hydrogen-bond donors (Lipinski definition) is 1. The zero-order chi connectivity index (χ0) is 21.9. The van der Waals surface area contributed by atoms with Crippen molar-refractivity contribution >= 4 is 40.5 Å². The van der Waals surface area contributed by atoms with Crippen molar-refractivity contribution in [1.82, 2.24) is 5.32 Å². The van der Waals surface area contributed by atoms with Crippen molar-refractivity contribution in [3.8, 4) is 11.5 Å². The van der Waals surface area contributed by atoms with Crippen molar-refractivity contribution in [2.24, 2.45) is 0 Å². The van der Waals surface area contributed by atoms with Crippen molar-refractivity contribution < 1.29 is 23.8 Å². The summed E-state index contributed by atoms with van der Waals surface area (Å²) < 4.78 is 16.7. The zero-order valence-corrected chi connectivity index (χ0v) is 19.9. The number of carbonyl (C=O) groups excluding carboxylic acids is 2. The Morgan fingerprint density at radius 2 is 1.72 bits per heavy atom. The fourth-order valence-electron chi connectivity index (χ4n) is 2.32. The molecular formula is C22H30INO5. The van der Waals surface area contributed by atoms with Gasteiger partial charge >= 0.3 is 6.09 Å². The number of benzene rings is 1. The molecule has 0 unspecified atom stereocenters. The fraction of sp³-hybridized carbons (Fsp3) is 0.455. The summed E-state index contributed by atoms with van der Waals surface area (Å²) in [6.07, 6.45) is 8.76. The predicted molar refractivity (Wildman–Crippen MR) is 124 cm³/mol. The standard InChI is InChI=1S/C22H30INO5/c1-22(2,3)29-21(26)24-13-9-7-6-8-10-17(25)12-11-16-14-19(27-4)20(28-5)15-18(16)23/h8,10-12,14-15H,6-7,9,13H2,1-5H3,(H,24,26)/b10-8+,12-11+. The number of unbranched alkanes of at least 4 members (excludes halogenated alkanes) is 2. The highest BCUT2D eigenvalue weighted by Crippen LogP contribution is 2.31. The van der Waals surface area contributed by atoms with Gasteiger partial charge < -0.3 is 19.5 Å². The van der Waals surface area contributed by atoms with Crippen molar-refractivity contribution in [2.75, 3.05) is 20.8 Å². The lowest BCUT2D eigenvalue weighted by Crippen LogP contribution is -2.32. The van der Waals surface area contributed by atoms with Crippen LogP contribution in [0.1, 0.15) is 45.6 Å². The van der Waals surface area contributed by atoms with Gasteiger partial charge in [-0.25, -0.2) is 4.79 Å². The summed E-state index contributed by atoms with van der Waals surface area (Å²) >= 11 is 2.19. The van der Waals surface area contributed by atoms with Crippen LogP contribution < -0.4 is 14.8 Å². The Hall–Kier alpha value is -2.03. The Morgan fingerprint density at radius 1 is 1.07 bits per heavy atom. The third-order valence-electron chi connectivity index (χ3n) is 3.68. The van der Waals surface area contributed by atoms with Gasteiger partial charge in [-0.3, -0.25) is 4.79 Å². The lowest BCUT2D eigenvalue weighted by Gasteiger charge is -2.19. The summed E-state index contributed by atoms with van der Waals surface area (Å²) in [4.78, 5) is 23.5.